The lowest BCUT2D eigenvalue weighted by atomic mass is 9.53. The summed E-state index contributed by atoms with van der Waals surface area (Å²) in [6, 6.07) is 0. The van der Waals surface area contributed by atoms with E-state index in [-0.39, 0.29) is 41.3 Å². The molecule has 1 saturated heterocycles. The summed E-state index contributed by atoms with van der Waals surface area (Å²) in [5.74, 6) is -0.436. The van der Waals surface area contributed by atoms with Crippen molar-refractivity contribution in [2.75, 3.05) is 6.54 Å². The number of alkyl carbamates (subject to hydrolysis) is 1. The Kier molecular flexibility index (Phi) is 7.39. The maximum atomic E-state index is 12.5. The first-order chi connectivity index (χ1) is 16.8. The van der Waals surface area contributed by atoms with Crippen molar-refractivity contribution >= 4 is 12.1 Å². The predicted octanol–water partition coefficient (Wildman–Crippen LogP) is 4.38. The topological polar surface area (TPSA) is 105 Å². The summed E-state index contributed by atoms with van der Waals surface area (Å²) in [4.78, 5) is 25.0. The Morgan fingerprint density at radius 2 is 2.00 bits per heavy atom. The van der Waals surface area contributed by atoms with E-state index in [9.17, 15) is 19.8 Å². The smallest absolute Gasteiger partial charge is 0.407 e. The zero-order valence-electron chi connectivity index (χ0n) is 22.8. The fourth-order valence-electron chi connectivity index (χ4n) is 8.13. The largest absolute Gasteiger partial charge is 0.460 e. The van der Waals surface area contributed by atoms with Crippen LogP contribution in [0.2, 0.25) is 0 Å². The third-order valence-electron chi connectivity index (χ3n) is 10.00. The monoisotopic (exact) mass is 503 g/mol. The fraction of sp³-hybridized carbons (Fsp3) is 0.793. The van der Waals surface area contributed by atoms with Crippen molar-refractivity contribution in [1.29, 1.82) is 0 Å². The van der Waals surface area contributed by atoms with Crippen LogP contribution < -0.4 is 5.32 Å². The maximum absolute atomic E-state index is 12.5. The highest BCUT2D eigenvalue weighted by atomic mass is 16.6. The van der Waals surface area contributed by atoms with Crippen LogP contribution in [0, 0.1) is 40.9 Å². The number of fused-ring (bicyclic) bond motifs is 3. The number of aliphatic hydroxyl groups excluding tert-OH is 1. The lowest BCUT2D eigenvalue weighted by molar-refractivity contribution is -0.209. The second kappa shape index (κ2) is 9.79. The molecule has 7 nitrogen and oxygen atoms in total. The number of hydrogen-bond donors (Lipinski definition) is 3. The minimum atomic E-state index is -1.73. The van der Waals surface area contributed by atoms with Gasteiger partial charge in [0, 0.05) is 18.4 Å². The van der Waals surface area contributed by atoms with Gasteiger partial charge < -0.3 is 25.0 Å². The van der Waals surface area contributed by atoms with Gasteiger partial charge in [-0.2, -0.15) is 0 Å². The van der Waals surface area contributed by atoms with Gasteiger partial charge in [0.25, 0.3) is 0 Å². The second-order valence-electron chi connectivity index (χ2n) is 12.5. The Labute approximate surface area is 215 Å². The SMILES string of the molecule is C=C1C2CC3C(C(C)C)C(OC(=O)NCCC)CC3(C)CC2/C(C)=C\CC2C(C)OC(=O)C(O)C12O. The van der Waals surface area contributed by atoms with Gasteiger partial charge in [-0.25, -0.2) is 9.59 Å². The fourth-order valence-corrected chi connectivity index (χ4v) is 8.13. The molecule has 0 radical (unpaired) electrons. The van der Waals surface area contributed by atoms with Crippen molar-refractivity contribution in [2.45, 2.75) is 97.6 Å². The quantitative estimate of drug-likeness (QED) is 0.389. The summed E-state index contributed by atoms with van der Waals surface area (Å²) in [5, 5.41) is 25.7. The van der Waals surface area contributed by atoms with Gasteiger partial charge in [-0.1, -0.05) is 45.9 Å². The average Bonchev–Trinajstić information content (AvgIpc) is 3.09. The van der Waals surface area contributed by atoms with E-state index in [1.807, 2.05) is 6.92 Å². The van der Waals surface area contributed by atoms with E-state index in [0.29, 0.717) is 24.5 Å². The molecule has 3 aliphatic carbocycles. The van der Waals surface area contributed by atoms with Gasteiger partial charge in [0.2, 0.25) is 0 Å². The van der Waals surface area contributed by atoms with Gasteiger partial charge in [0.1, 0.15) is 17.8 Å². The number of aliphatic hydroxyl groups is 2. The minimum absolute atomic E-state index is 0.0280. The standard InChI is InChI=1S/C29H45NO6/c1-8-11-30-27(33)36-23-14-28(7)13-20-16(4)9-10-21-18(6)35-26(32)25(31)29(21,34)17(5)19(20)12-22(28)24(23)15(2)3/h9,15,18-25,31,34H,5,8,10-14H2,1-4,6-7H3,(H,30,33)/b16-9-. The van der Waals surface area contributed by atoms with Crippen molar-refractivity contribution < 1.29 is 29.3 Å². The van der Waals surface area contributed by atoms with Crippen LogP contribution in [-0.4, -0.2) is 52.7 Å². The minimum Gasteiger partial charge on any atom is -0.460 e. The molecule has 4 aliphatic rings. The molecule has 3 fully saturated rings. The summed E-state index contributed by atoms with van der Waals surface area (Å²) < 4.78 is 11.4. The van der Waals surface area contributed by atoms with Crippen molar-refractivity contribution in [3.05, 3.63) is 23.8 Å². The summed E-state index contributed by atoms with van der Waals surface area (Å²) in [5.41, 5.74) is 0.0489. The number of esters is 1. The van der Waals surface area contributed by atoms with Crippen LogP contribution in [0.3, 0.4) is 0 Å². The van der Waals surface area contributed by atoms with Crippen molar-refractivity contribution in [2.24, 2.45) is 40.9 Å². The third-order valence-corrected chi connectivity index (χ3v) is 10.00. The van der Waals surface area contributed by atoms with Crippen LogP contribution in [0.15, 0.2) is 23.8 Å². The number of cyclic esters (lactones) is 1. The number of allylic oxidation sites excluding steroid dienone is 2. The van der Waals surface area contributed by atoms with Crippen LogP contribution in [0.1, 0.15) is 73.6 Å². The first-order valence-electron chi connectivity index (χ1n) is 13.8. The van der Waals surface area contributed by atoms with Gasteiger partial charge >= 0.3 is 12.1 Å². The zero-order chi connectivity index (χ0) is 26.6. The zero-order valence-corrected chi connectivity index (χ0v) is 22.8. The molecule has 2 saturated carbocycles. The Hall–Kier alpha value is -1.86. The molecular formula is C29H45NO6. The van der Waals surface area contributed by atoms with E-state index in [0.717, 1.165) is 25.7 Å². The van der Waals surface area contributed by atoms with Crippen LogP contribution >= 0.6 is 0 Å². The maximum Gasteiger partial charge on any atom is 0.407 e. The predicted molar refractivity (Wildman–Crippen MR) is 137 cm³/mol. The van der Waals surface area contributed by atoms with Crippen LogP contribution in [-0.2, 0) is 14.3 Å². The lowest BCUT2D eigenvalue weighted by Crippen LogP contribution is -2.63. The average molecular weight is 504 g/mol. The molecule has 202 valence electrons. The molecule has 0 spiro atoms. The lowest BCUT2D eigenvalue weighted by Gasteiger charge is -2.54. The van der Waals surface area contributed by atoms with Gasteiger partial charge in [0.15, 0.2) is 6.10 Å². The number of ether oxygens (including phenoxy) is 2. The van der Waals surface area contributed by atoms with Gasteiger partial charge in [-0.15, -0.1) is 0 Å². The molecule has 1 amide bonds. The highest BCUT2D eigenvalue weighted by Crippen LogP contribution is 2.63. The summed E-state index contributed by atoms with van der Waals surface area (Å²) >= 11 is 0. The van der Waals surface area contributed by atoms with Crippen molar-refractivity contribution in [3.63, 3.8) is 0 Å². The summed E-state index contributed by atoms with van der Waals surface area (Å²) in [6.45, 7) is 17.6. The van der Waals surface area contributed by atoms with Gasteiger partial charge in [-0.05, 0) is 80.6 Å². The Balaban J connectivity index is 1.69. The molecule has 1 aliphatic heterocycles. The number of carbonyl (C=O) groups excluding carboxylic acids is 2. The molecular weight excluding hydrogens is 458 g/mol. The molecule has 10 unspecified atom stereocenters. The highest BCUT2D eigenvalue weighted by Gasteiger charge is 2.62. The number of hydrogen-bond acceptors (Lipinski definition) is 6. The molecule has 7 heteroatoms. The second-order valence-corrected chi connectivity index (χ2v) is 12.5. The van der Waals surface area contributed by atoms with Crippen LogP contribution in [0.4, 0.5) is 4.79 Å². The van der Waals surface area contributed by atoms with E-state index >= 15 is 0 Å². The summed E-state index contributed by atoms with van der Waals surface area (Å²) in [6.07, 6.45) is 3.30. The van der Waals surface area contributed by atoms with E-state index in [1.165, 1.54) is 5.57 Å². The van der Waals surface area contributed by atoms with Gasteiger partial charge in [-0.3, -0.25) is 0 Å². The molecule has 3 N–H and O–H groups in total. The summed E-state index contributed by atoms with van der Waals surface area (Å²) in [7, 11) is 0. The molecule has 36 heavy (non-hydrogen) atoms. The number of amides is 1. The first-order valence-corrected chi connectivity index (χ1v) is 13.8. The molecule has 0 aromatic rings. The van der Waals surface area contributed by atoms with E-state index in [4.69, 9.17) is 9.47 Å². The number of nitrogens with one attached hydrogen (secondary N) is 1. The molecule has 4 rings (SSSR count). The number of rotatable bonds is 4. The van der Waals surface area contributed by atoms with Crippen molar-refractivity contribution in [1.82, 2.24) is 5.32 Å². The highest BCUT2D eigenvalue weighted by molar-refractivity contribution is 5.78. The van der Waals surface area contributed by atoms with E-state index in [2.05, 4.69) is 45.7 Å². The Morgan fingerprint density at radius 1 is 1.31 bits per heavy atom. The molecule has 0 aromatic carbocycles. The Bertz CT molecular complexity index is 929. The van der Waals surface area contributed by atoms with Crippen LogP contribution in [0.5, 0.6) is 0 Å². The van der Waals surface area contributed by atoms with Crippen LogP contribution in [0.25, 0.3) is 0 Å². The van der Waals surface area contributed by atoms with E-state index in [1.54, 1.807) is 6.92 Å². The molecule has 1 heterocycles. The van der Waals surface area contributed by atoms with Gasteiger partial charge in [0.05, 0.1) is 0 Å². The molecule has 10 atom stereocenters. The Morgan fingerprint density at radius 3 is 2.64 bits per heavy atom. The molecule has 0 bridgehead atoms. The number of carbonyl (C=O) groups is 2. The third kappa shape index (κ3) is 4.30. The molecule has 0 aromatic heterocycles. The van der Waals surface area contributed by atoms with Crippen molar-refractivity contribution in [3.8, 4) is 0 Å². The normalized spacial score (nSPS) is 45.9. The van der Waals surface area contributed by atoms with E-state index < -0.39 is 29.7 Å². The first kappa shape index (κ1) is 27.2.